The Kier molecular flexibility index (Phi) is 2.66. The monoisotopic (exact) mass is 247 g/mol. The lowest BCUT2D eigenvalue weighted by Crippen LogP contribution is -2.64. The summed E-state index contributed by atoms with van der Waals surface area (Å²) < 4.78 is 2.26. The molecule has 2 N–H and O–H groups in total. The van der Waals surface area contributed by atoms with Gasteiger partial charge in [-0.05, 0) is 12.3 Å². The SMILES string of the molecule is CCc1c2c(nn1C1(C(C)C)CNC1)CN=CN2. The Balaban J connectivity index is 2.09. The summed E-state index contributed by atoms with van der Waals surface area (Å²) in [4.78, 5) is 4.25. The molecule has 0 amide bonds. The van der Waals surface area contributed by atoms with Crippen molar-refractivity contribution < 1.29 is 0 Å². The van der Waals surface area contributed by atoms with E-state index in [1.807, 2.05) is 0 Å². The standard InChI is InChI=1S/C13H21N5/c1-4-11-12-10(5-14-8-16-12)17-18(11)13(9(2)3)6-15-7-13/h8-9,15H,4-7H2,1-3H3,(H,14,16). The van der Waals surface area contributed by atoms with Crippen LogP contribution in [0.3, 0.4) is 0 Å². The third kappa shape index (κ3) is 1.43. The minimum Gasteiger partial charge on any atom is -0.344 e. The van der Waals surface area contributed by atoms with Gasteiger partial charge in [-0.2, -0.15) is 5.10 Å². The van der Waals surface area contributed by atoms with Crippen LogP contribution >= 0.6 is 0 Å². The highest BCUT2D eigenvalue weighted by Crippen LogP contribution is 2.35. The third-order valence-electron chi connectivity index (χ3n) is 4.29. The van der Waals surface area contributed by atoms with Crippen LogP contribution in [-0.2, 0) is 18.5 Å². The van der Waals surface area contributed by atoms with Gasteiger partial charge in [-0.15, -0.1) is 0 Å². The predicted molar refractivity (Wildman–Crippen MR) is 73.1 cm³/mol. The first kappa shape index (κ1) is 11.7. The van der Waals surface area contributed by atoms with E-state index in [1.165, 1.54) is 11.4 Å². The van der Waals surface area contributed by atoms with Crippen LogP contribution in [-0.4, -0.2) is 29.2 Å². The van der Waals surface area contributed by atoms with Crippen LogP contribution < -0.4 is 10.6 Å². The Bertz CT molecular complexity index is 482. The second-order valence-electron chi connectivity index (χ2n) is 5.51. The number of nitrogens with one attached hydrogen (secondary N) is 2. The van der Waals surface area contributed by atoms with Crippen LogP contribution in [0.1, 0.15) is 32.2 Å². The number of anilines is 1. The summed E-state index contributed by atoms with van der Waals surface area (Å²) in [6.45, 7) is 9.49. The van der Waals surface area contributed by atoms with E-state index in [0.29, 0.717) is 12.5 Å². The van der Waals surface area contributed by atoms with Gasteiger partial charge in [-0.25, -0.2) is 0 Å². The molecule has 0 radical (unpaired) electrons. The summed E-state index contributed by atoms with van der Waals surface area (Å²) in [5, 5.41) is 11.5. The minimum atomic E-state index is 0.143. The summed E-state index contributed by atoms with van der Waals surface area (Å²) in [6.07, 6.45) is 2.78. The highest BCUT2D eigenvalue weighted by Gasteiger charge is 2.44. The molecule has 3 heterocycles. The fraction of sp³-hybridized carbons (Fsp3) is 0.692. The Labute approximate surface area is 108 Å². The van der Waals surface area contributed by atoms with Gasteiger partial charge < -0.3 is 10.6 Å². The van der Waals surface area contributed by atoms with Crippen molar-refractivity contribution in [2.45, 2.75) is 39.3 Å². The van der Waals surface area contributed by atoms with Gasteiger partial charge in [0, 0.05) is 13.1 Å². The van der Waals surface area contributed by atoms with Gasteiger partial charge in [-0.1, -0.05) is 20.8 Å². The van der Waals surface area contributed by atoms with E-state index in [4.69, 9.17) is 5.10 Å². The van der Waals surface area contributed by atoms with E-state index in [2.05, 4.69) is 41.1 Å². The summed E-state index contributed by atoms with van der Waals surface area (Å²) in [5.41, 5.74) is 3.72. The van der Waals surface area contributed by atoms with E-state index in [0.717, 1.165) is 25.2 Å². The molecule has 0 spiro atoms. The van der Waals surface area contributed by atoms with Crippen molar-refractivity contribution >= 4 is 12.0 Å². The van der Waals surface area contributed by atoms with Crippen molar-refractivity contribution in [1.82, 2.24) is 15.1 Å². The molecular formula is C13H21N5. The van der Waals surface area contributed by atoms with Crippen molar-refractivity contribution in [2.75, 3.05) is 18.4 Å². The lowest BCUT2D eigenvalue weighted by Gasteiger charge is -2.47. The molecule has 5 heteroatoms. The molecule has 1 aromatic rings. The van der Waals surface area contributed by atoms with Crippen LogP contribution in [0.15, 0.2) is 4.99 Å². The highest BCUT2D eigenvalue weighted by molar-refractivity contribution is 5.80. The molecule has 18 heavy (non-hydrogen) atoms. The molecule has 2 aliphatic heterocycles. The quantitative estimate of drug-likeness (QED) is 0.848. The van der Waals surface area contributed by atoms with Crippen molar-refractivity contribution in [3.05, 3.63) is 11.4 Å². The molecule has 3 rings (SSSR count). The number of rotatable bonds is 3. The fourth-order valence-corrected chi connectivity index (χ4v) is 2.90. The summed E-state index contributed by atoms with van der Waals surface area (Å²) >= 11 is 0. The number of hydrogen-bond acceptors (Lipinski definition) is 4. The number of fused-ring (bicyclic) bond motifs is 1. The molecule has 0 unspecified atom stereocenters. The van der Waals surface area contributed by atoms with E-state index in [-0.39, 0.29) is 5.54 Å². The van der Waals surface area contributed by atoms with Crippen LogP contribution in [0.4, 0.5) is 5.69 Å². The third-order valence-corrected chi connectivity index (χ3v) is 4.29. The highest BCUT2D eigenvalue weighted by atomic mass is 15.4. The van der Waals surface area contributed by atoms with E-state index in [9.17, 15) is 0 Å². The summed E-state index contributed by atoms with van der Waals surface area (Å²) in [7, 11) is 0. The lowest BCUT2D eigenvalue weighted by atomic mass is 9.81. The van der Waals surface area contributed by atoms with Crippen LogP contribution in [0.25, 0.3) is 0 Å². The van der Waals surface area contributed by atoms with Crippen LogP contribution in [0.5, 0.6) is 0 Å². The molecule has 0 aliphatic carbocycles. The summed E-state index contributed by atoms with van der Waals surface area (Å²) in [5.74, 6) is 0.575. The first-order chi connectivity index (χ1) is 8.69. The van der Waals surface area contributed by atoms with Gasteiger partial charge in [0.15, 0.2) is 0 Å². The molecule has 1 fully saturated rings. The first-order valence-electron chi connectivity index (χ1n) is 6.76. The van der Waals surface area contributed by atoms with Gasteiger partial charge in [0.1, 0.15) is 5.69 Å². The summed E-state index contributed by atoms with van der Waals surface area (Å²) in [6, 6.07) is 0. The van der Waals surface area contributed by atoms with Gasteiger partial charge in [0.05, 0.1) is 29.8 Å². The van der Waals surface area contributed by atoms with Crippen LogP contribution in [0.2, 0.25) is 0 Å². The fourth-order valence-electron chi connectivity index (χ4n) is 2.90. The number of aromatic nitrogens is 2. The zero-order chi connectivity index (χ0) is 12.8. The van der Waals surface area contributed by atoms with Crippen molar-refractivity contribution in [1.29, 1.82) is 0 Å². The maximum atomic E-state index is 4.84. The van der Waals surface area contributed by atoms with Gasteiger partial charge in [0.2, 0.25) is 0 Å². The molecule has 98 valence electrons. The zero-order valence-electron chi connectivity index (χ0n) is 11.3. The topological polar surface area (TPSA) is 54.2 Å². The number of hydrogen-bond donors (Lipinski definition) is 2. The molecule has 0 saturated carbocycles. The Hall–Kier alpha value is -1.36. The molecule has 5 nitrogen and oxygen atoms in total. The number of aliphatic imine (C=N–C) groups is 1. The van der Waals surface area contributed by atoms with E-state index >= 15 is 0 Å². The molecule has 0 bridgehead atoms. The Morgan fingerprint density at radius 3 is 2.78 bits per heavy atom. The van der Waals surface area contributed by atoms with Crippen molar-refractivity contribution in [3.8, 4) is 0 Å². The van der Waals surface area contributed by atoms with E-state index in [1.54, 1.807) is 6.34 Å². The second kappa shape index (κ2) is 4.09. The molecular weight excluding hydrogens is 226 g/mol. The normalized spacial score (nSPS) is 20.4. The van der Waals surface area contributed by atoms with Gasteiger partial charge in [-0.3, -0.25) is 9.67 Å². The van der Waals surface area contributed by atoms with Gasteiger partial charge in [0.25, 0.3) is 0 Å². The van der Waals surface area contributed by atoms with Crippen molar-refractivity contribution in [3.63, 3.8) is 0 Å². The largest absolute Gasteiger partial charge is 0.344 e. The maximum absolute atomic E-state index is 4.84. The second-order valence-corrected chi connectivity index (χ2v) is 5.51. The first-order valence-corrected chi connectivity index (χ1v) is 6.76. The number of nitrogens with zero attached hydrogens (tertiary/aromatic N) is 3. The Morgan fingerprint density at radius 1 is 1.44 bits per heavy atom. The molecule has 0 aromatic carbocycles. The lowest BCUT2D eigenvalue weighted by molar-refractivity contribution is 0.0898. The predicted octanol–water partition coefficient (Wildman–Crippen LogP) is 1.35. The van der Waals surface area contributed by atoms with E-state index < -0.39 is 0 Å². The molecule has 2 aliphatic rings. The zero-order valence-corrected chi connectivity index (χ0v) is 11.3. The molecule has 1 aromatic heterocycles. The van der Waals surface area contributed by atoms with Gasteiger partial charge >= 0.3 is 0 Å². The maximum Gasteiger partial charge on any atom is 0.108 e. The minimum absolute atomic E-state index is 0.143. The smallest absolute Gasteiger partial charge is 0.108 e. The molecule has 0 atom stereocenters. The Morgan fingerprint density at radius 2 is 2.22 bits per heavy atom. The van der Waals surface area contributed by atoms with Crippen LogP contribution in [0, 0.1) is 5.92 Å². The molecule has 1 saturated heterocycles. The van der Waals surface area contributed by atoms with Crippen molar-refractivity contribution in [2.24, 2.45) is 10.9 Å². The average molecular weight is 247 g/mol. The average Bonchev–Trinajstić information content (AvgIpc) is 2.65.